The highest BCUT2D eigenvalue weighted by atomic mass is 16.6. The summed E-state index contributed by atoms with van der Waals surface area (Å²) >= 11 is 0. The quantitative estimate of drug-likeness (QED) is 0.253. The number of nitrogens with one attached hydrogen (secondary N) is 1. The molecule has 1 aromatic heterocycles. The van der Waals surface area contributed by atoms with E-state index >= 15 is 0 Å². The zero-order valence-corrected chi connectivity index (χ0v) is 27.6. The number of aromatic nitrogens is 2. The summed E-state index contributed by atoms with van der Waals surface area (Å²) in [4.78, 5) is 65.2. The van der Waals surface area contributed by atoms with E-state index in [1.54, 1.807) is 43.7 Å². The Labute approximate surface area is 271 Å². The molecule has 1 aliphatic carbocycles. The largest absolute Gasteiger partial charge is 0.460 e. The van der Waals surface area contributed by atoms with Gasteiger partial charge in [0.1, 0.15) is 17.3 Å². The first-order valence-corrected chi connectivity index (χ1v) is 16.2. The van der Waals surface area contributed by atoms with Gasteiger partial charge in [-0.15, -0.1) is 0 Å². The molecule has 12 nitrogen and oxygen atoms in total. The van der Waals surface area contributed by atoms with Crippen molar-refractivity contribution in [1.82, 2.24) is 25.1 Å². The smallest absolute Gasteiger partial charge is 0.409 e. The Kier molecular flexibility index (Phi) is 12.1. The van der Waals surface area contributed by atoms with Crippen LogP contribution in [0.5, 0.6) is 0 Å². The molecule has 0 bridgehead atoms. The number of carbonyl (C=O) groups excluding carboxylic acids is 4. The SMILES string of the molecule is CCCCOC(=O)N1CCN(C(=O)C(CCC(=O)OC(C)(C)C)NC(=O)c2cc(C3CC3COC)nc(-c3ccccc3)n2)CC1. The fraction of sp³-hybridized carbons (Fsp3) is 0.588. The number of amides is 3. The molecule has 2 aliphatic rings. The number of unbranched alkanes of at least 4 members (excludes halogenated alkanes) is 1. The number of nitrogens with zero attached hydrogens (tertiary/aromatic N) is 4. The predicted octanol–water partition coefficient (Wildman–Crippen LogP) is 4.19. The van der Waals surface area contributed by atoms with E-state index in [2.05, 4.69) is 10.3 Å². The molecular weight excluding hydrogens is 590 g/mol. The van der Waals surface area contributed by atoms with Gasteiger partial charge in [0, 0.05) is 63.5 Å². The first-order valence-electron chi connectivity index (χ1n) is 16.2. The van der Waals surface area contributed by atoms with Crippen LogP contribution in [0, 0.1) is 5.92 Å². The molecule has 12 heteroatoms. The summed E-state index contributed by atoms with van der Waals surface area (Å²) in [7, 11) is 1.66. The van der Waals surface area contributed by atoms with Crippen molar-refractivity contribution in [1.29, 1.82) is 0 Å². The first kappa shape index (κ1) is 34.8. The van der Waals surface area contributed by atoms with E-state index < -0.39 is 29.6 Å². The monoisotopic (exact) mass is 637 g/mol. The molecule has 0 spiro atoms. The number of hydrogen-bond donors (Lipinski definition) is 1. The summed E-state index contributed by atoms with van der Waals surface area (Å²) in [6.45, 7) is 9.47. The lowest BCUT2D eigenvalue weighted by molar-refractivity contribution is -0.155. The lowest BCUT2D eigenvalue weighted by Crippen LogP contribution is -2.56. The molecule has 1 N–H and O–H groups in total. The van der Waals surface area contributed by atoms with Crippen molar-refractivity contribution < 1.29 is 33.4 Å². The fourth-order valence-corrected chi connectivity index (χ4v) is 5.37. The molecule has 3 amide bonds. The van der Waals surface area contributed by atoms with Crippen molar-refractivity contribution in [2.24, 2.45) is 5.92 Å². The number of esters is 1. The van der Waals surface area contributed by atoms with Gasteiger partial charge < -0.3 is 29.3 Å². The van der Waals surface area contributed by atoms with Crippen LogP contribution in [0.4, 0.5) is 4.79 Å². The molecule has 4 rings (SSSR count). The third-order valence-corrected chi connectivity index (χ3v) is 7.93. The van der Waals surface area contributed by atoms with Crippen molar-refractivity contribution >= 4 is 23.9 Å². The molecule has 46 heavy (non-hydrogen) atoms. The van der Waals surface area contributed by atoms with Crippen LogP contribution in [0.25, 0.3) is 11.4 Å². The van der Waals surface area contributed by atoms with Crippen LogP contribution in [0.1, 0.15) is 81.9 Å². The number of piperazine rings is 1. The standard InChI is InChI=1S/C34H47N5O7/c1-6-7-19-45-33(43)39-17-15-38(16-18-39)32(42)26(13-14-29(40)46-34(2,3)4)37-31(41)28-21-27(25-20-24(25)22-44-5)35-30(36-28)23-11-9-8-10-12-23/h8-12,21,24-26H,6-7,13-20,22H2,1-5H3,(H,37,41). The number of carbonyl (C=O) groups is 4. The Morgan fingerprint density at radius 2 is 1.72 bits per heavy atom. The maximum absolute atomic E-state index is 13.8. The van der Waals surface area contributed by atoms with Crippen molar-refractivity contribution in [3.05, 3.63) is 47.8 Å². The molecule has 1 aromatic carbocycles. The summed E-state index contributed by atoms with van der Waals surface area (Å²) in [6, 6.07) is 10.1. The van der Waals surface area contributed by atoms with Crippen molar-refractivity contribution in [3.8, 4) is 11.4 Å². The second-order valence-electron chi connectivity index (χ2n) is 12.9. The lowest BCUT2D eigenvalue weighted by Gasteiger charge is -2.36. The molecule has 3 atom stereocenters. The van der Waals surface area contributed by atoms with E-state index in [-0.39, 0.29) is 43.5 Å². The van der Waals surface area contributed by atoms with Gasteiger partial charge in [-0.05, 0) is 52.0 Å². The van der Waals surface area contributed by atoms with Crippen LogP contribution in [0.15, 0.2) is 36.4 Å². The van der Waals surface area contributed by atoms with E-state index in [4.69, 9.17) is 19.2 Å². The topological polar surface area (TPSA) is 140 Å². The summed E-state index contributed by atoms with van der Waals surface area (Å²) < 4.78 is 16.1. The first-order chi connectivity index (χ1) is 22.0. The second-order valence-corrected chi connectivity index (χ2v) is 12.9. The minimum atomic E-state index is -1.01. The van der Waals surface area contributed by atoms with Gasteiger partial charge in [-0.25, -0.2) is 14.8 Å². The van der Waals surface area contributed by atoms with Crippen molar-refractivity contribution in [2.45, 2.75) is 77.4 Å². The predicted molar refractivity (Wildman–Crippen MR) is 171 cm³/mol. The molecular formula is C34H47N5O7. The van der Waals surface area contributed by atoms with Crippen LogP contribution >= 0.6 is 0 Å². The van der Waals surface area contributed by atoms with E-state index in [0.717, 1.165) is 30.5 Å². The number of benzene rings is 1. The van der Waals surface area contributed by atoms with Gasteiger partial charge in [-0.3, -0.25) is 14.4 Å². The average Bonchev–Trinajstić information content (AvgIpc) is 3.81. The molecule has 3 unspecified atom stereocenters. The van der Waals surface area contributed by atoms with E-state index in [1.165, 1.54) is 0 Å². The molecule has 0 radical (unpaired) electrons. The minimum Gasteiger partial charge on any atom is -0.460 e. The van der Waals surface area contributed by atoms with Gasteiger partial charge in [0.2, 0.25) is 5.91 Å². The van der Waals surface area contributed by atoms with Gasteiger partial charge >= 0.3 is 12.1 Å². The van der Waals surface area contributed by atoms with Gasteiger partial charge in [-0.1, -0.05) is 43.7 Å². The van der Waals surface area contributed by atoms with Crippen LogP contribution in [0.2, 0.25) is 0 Å². The summed E-state index contributed by atoms with van der Waals surface area (Å²) in [5, 5.41) is 2.86. The lowest BCUT2D eigenvalue weighted by atomic mass is 10.1. The third kappa shape index (κ3) is 9.97. The molecule has 2 fully saturated rings. The van der Waals surface area contributed by atoms with Crippen LogP contribution in [-0.2, 0) is 23.8 Å². The Hall–Kier alpha value is -4.06. The summed E-state index contributed by atoms with van der Waals surface area (Å²) in [6.07, 6.45) is 2.19. The van der Waals surface area contributed by atoms with Crippen molar-refractivity contribution in [3.63, 3.8) is 0 Å². The van der Waals surface area contributed by atoms with Crippen LogP contribution in [0.3, 0.4) is 0 Å². The van der Waals surface area contributed by atoms with Crippen LogP contribution < -0.4 is 5.32 Å². The van der Waals surface area contributed by atoms with Gasteiger partial charge in [0.05, 0.1) is 6.61 Å². The number of ether oxygens (including phenoxy) is 3. The fourth-order valence-electron chi connectivity index (χ4n) is 5.37. The minimum absolute atomic E-state index is 0.0424. The van der Waals surface area contributed by atoms with E-state index in [0.29, 0.717) is 38.0 Å². The number of hydrogen-bond acceptors (Lipinski definition) is 9. The Balaban J connectivity index is 1.51. The Bertz CT molecular complexity index is 1360. The van der Waals surface area contributed by atoms with E-state index in [9.17, 15) is 19.2 Å². The zero-order chi connectivity index (χ0) is 33.3. The maximum Gasteiger partial charge on any atom is 0.409 e. The Morgan fingerprint density at radius 3 is 2.37 bits per heavy atom. The maximum atomic E-state index is 13.8. The second kappa shape index (κ2) is 16.0. The van der Waals surface area contributed by atoms with Gasteiger partial charge in [0.25, 0.3) is 5.91 Å². The molecule has 1 saturated heterocycles. The normalized spacial score (nSPS) is 18.5. The highest BCUT2D eigenvalue weighted by molar-refractivity contribution is 5.96. The highest BCUT2D eigenvalue weighted by Gasteiger charge is 2.40. The molecule has 1 saturated carbocycles. The zero-order valence-electron chi connectivity index (χ0n) is 27.6. The average molecular weight is 638 g/mol. The highest BCUT2D eigenvalue weighted by Crippen LogP contribution is 2.47. The third-order valence-electron chi connectivity index (χ3n) is 7.93. The molecule has 2 aromatic rings. The number of methoxy groups -OCH3 is 1. The summed E-state index contributed by atoms with van der Waals surface area (Å²) in [5.41, 5.74) is 0.976. The molecule has 250 valence electrons. The number of rotatable bonds is 13. The van der Waals surface area contributed by atoms with Gasteiger partial charge in [-0.2, -0.15) is 0 Å². The molecule has 1 aliphatic heterocycles. The summed E-state index contributed by atoms with van der Waals surface area (Å²) in [5.74, 6) is -0.462. The van der Waals surface area contributed by atoms with E-state index in [1.807, 2.05) is 37.3 Å². The van der Waals surface area contributed by atoms with Crippen LogP contribution in [-0.4, -0.2) is 102 Å². The Morgan fingerprint density at radius 1 is 1.02 bits per heavy atom. The van der Waals surface area contributed by atoms with Crippen molar-refractivity contribution in [2.75, 3.05) is 46.5 Å². The van der Waals surface area contributed by atoms with Gasteiger partial charge in [0.15, 0.2) is 5.82 Å². The molecule has 2 heterocycles.